The number of fused-ring (bicyclic) bond motifs is 1. The van der Waals surface area contributed by atoms with Gasteiger partial charge in [0, 0.05) is 36.0 Å². The zero-order valence-electron chi connectivity index (χ0n) is 34.2. The minimum Gasteiger partial charge on any atom is -0.394 e. The summed E-state index contributed by atoms with van der Waals surface area (Å²) < 4.78 is 0. The van der Waals surface area contributed by atoms with Crippen molar-refractivity contribution in [3.63, 3.8) is 0 Å². The smallest absolute Gasteiger partial charge is 0.245 e. The van der Waals surface area contributed by atoms with Crippen LogP contribution in [0.2, 0.25) is 0 Å². The summed E-state index contributed by atoms with van der Waals surface area (Å²) in [5.41, 5.74) is 25.1. The number of aliphatic hydroxyl groups is 2. The molecule has 330 valence electrons. The Morgan fingerprint density at radius 3 is 1.60 bits per heavy atom. The summed E-state index contributed by atoms with van der Waals surface area (Å²) in [6.45, 7) is 1.12. The van der Waals surface area contributed by atoms with Gasteiger partial charge in [-0.1, -0.05) is 48.5 Å². The van der Waals surface area contributed by atoms with Crippen molar-refractivity contribution >= 4 is 46.3 Å². The third kappa shape index (κ3) is 15.6. The van der Waals surface area contributed by atoms with Gasteiger partial charge in [-0.3, -0.25) is 28.8 Å². The number of aromatic nitrogens is 1. The van der Waals surface area contributed by atoms with Gasteiger partial charge < -0.3 is 70.0 Å². The van der Waals surface area contributed by atoms with Crippen molar-refractivity contribution < 1.29 is 39.0 Å². The standard InChI is InChI=1S/C41H63N11O8/c1-25(10-7-17-42)47-39(58)34(21-27-22-46-30-14-6-5-13-28(27)30)51-38(57)31(15-8-18-43)48-40(59)33(20-26-11-3-2-4-12-26)50-37(56)32(16-9-19-44)49-41(60)35(24-54)52-36(55)29(45)23-53/h2-6,11-14,22,25,29,31-35,46,53-54H,7-10,15-21,23-24,42-45H2,1H3,(H,47,58)(H,48,59)(H,49,60)(H,50,56)(H,51,57)(H,52,55)/t25-,29+,31+,32+,33+,34+,35+/m1/s1. The molecule has 0 unspecified atom stereocenters. The fourth-order valence-corrected chi connectivity index (χ4v) is 6.46. The number of benzene rings is 2. The van der Waals surface area contributed by atoms with E-state index in [1.807, 2.05) is 31.2 Å². The maximum atomic E-state index is 14.2. The molecule has 2 aromatic carbocycles. The van der Waals surface area contributed by atoms with Crippen LogP contribution in [0, 0.1) is 0 Å². The van der Waals surface area contributed by atoms with Crippen LogP contribution in [0.5, 0.6) is 0 Å². The third-order valence-corrected chi connectivity index (χ3v) is 9.89. The first-order valence-electron chi connectivity index (χ1n) is 20.3. The van der Waals surface area contributed by atoms with Crippen molar-refractivity contribution in [2.45, 2.75) is 101 Å². The van der Waals surface area contributed by atoms with Crippen LogP contribution in [0.3, 0.4) is 0 Å². The number of aromatic amines is 1. The molecule has 6 amide bonds. The van der Waals surface area contributed by atoms with Crippen LogP contribution in [-0.2, 0) is 41.6 Å². The molecule has 17 N–H and O–H groups in total. The highest BCUT2D eigenvalue weighted by molar-refractivity contribution is 5.97. The first-order valence-corrected chi connectivity index (χ1v) is 20.3. The number of carbonyl (C=O) groups excluding carboxylic acids is 6. The predicted molar refractivity (Wildman–Crippen MR) is 226 cm³/mol. The number of nitrogens with one attached hydrogen (secondary N) is 7. The zero-order chi connectivity index (χ0) is 44.0. The molecule has 1 aromatic heterocycles. The van der Waals surface area contributed by atoms with Crippen molar-refractivity contribution in [2.75, 3.05) is 32.8 Å². The van der Waals surface area contributed by atoms with Gasteiger partial charge in [-0.2, -0.15) is 0 Å². The van der Waals surface area contributed by atoms with Crippen molar-refractivity contribution in [1.29, 1.82) is 0 Å². The Hall–Kier alpha value is -5.44. The molecule has 0 aliphatic carbocycles. The summed E-state index contributed by atoms with van der Waals surface area (Å²) >= 11 is 0. The lowest BCUT2D eigenvalue weighted by Crippen LogP contribution is -2.60. The summed E-state index contributed by atoms with van der Waals surface area (Å²) in [6.07, 6.45) is 3.99. The molecule has 0 bridgehead atoms. The minimum atomic E-state index is -1.51. The number of carbonyl (C=O) groups is 6. The fourth-order valence-electron chi connectivity index (χ4n) is 6.46. The number of H-pyrrole nitrogens is 1. The van der Waals surface area contributed by atoms with Crippen LogP contribution in [0.4, 0.5) is 0 Å². The van der Waals surface area contributed by atoms with Crippen LogP contribution in [0.25, 0.3) is 10.9 Å². The van der Waals surface area contributed by atoms with Gasteiger partial charge in [-0.25, -0.2) is 0 Å². The Labute approximate surface area is 349 Å². The highest BCUT2D eigenvalue weighted by Gasteiger charge is 2.33. The van der Waals surface area contributed by atoms with E-state index < -0.39 is 84.9 Å². The number of para-hydroxylation sites is 1. The number of nitrogens with two attached hydrogens (primary N) is 4. The number of hydrogen-bond acceptors (Lipinski definition) is 12. The molecule has 0 saturated carbocycles. The molecule has 0 spiro atoms. The van der Waals surface area contributed by atoms with E-state index in [-0.39, 0.29) is 51.2 Å². The van der Waals surface area contributed by atoms with E-state index in [9.17, 15) is 39.0 Å². The number of aliphatic hydroxyl groups excluding tert-OH is 2. The molecule has 60 heavy (non-hydrogen) atoms. The monoisotopic (exact) mass is 837 g/mol. The van der Waals surface area contributed by atoms with Gasteiger partial charge in [0.25, 0.3) is 0 Å². The van der Waals surface area contributed by atoms with Gasteiger partial charge in [0.1, 0.15) is 36.3 Å². The molecule has 7 atom stereocenters. The highest BCUT2D eigenvalue weighted by atomic mass is 16.3. The van der Waals surface area contributed by atoms with Crippen LogP contribution in [0.15, 0.2) is 60.8 Å². The first-order chi connectivity index (χ1) is 28.8. The molecule has 19 heteroatoms. The van der Waals surface area contributed by atoms with Crippen molar-refractivity contribution in [3.05, 3.63) is 71.9 Å². The number of hydrogen-bond donors (Lipinski definition) is 13. The molecule has 19 nitrogen and oxygen atoms in total. The van der Waals surface area contributed by atoms with E-state index in [0.717, 1.165) is 16.5 Å². The van der Waals surface area contributed by atoms with Gasteiger partial charge in [-0.05, 0) is 82.3 Å². The van der Waals surface area contributed by atoms with Crippen molar-refractivity contribution in [1.82, 2.24) is 36.9 Å². The van der Waals surface area contributed by atoms with E-state index in [1.54, 1.807) is 36.5 Å². The minimum absolute atomic E-state index is 0.0121. The van der Waals surface area contributed by atoms with E-state index in [0.29, 0.717) is 31.4 Å². The highest BCUT2D eigenvalue weighted by Crippen LogP contribution is 2.19. The van der Waals surface area contributed by atoms with E-state index in [2.05, 4.69) is 36.9 Å². The summed E-state index contributed by atoms with van der Waals surface area (Å²) in [5, 5.41) is 36.0. The van der Waals surface area contributed by atoms with Crippen LogP contribution in [-0.4, -0.2) is 126 Å². The van der Waals surface area contributed by atoms with Crippen LogP contribution >= 0.6 is 0 Å². The second kappa shape index (κ2) is 25.9. The summed E-state index contributed by atoms with van der Waals surface area (Å²) in [5.74, 6) is -4.37. The molecule has 0 aliphatic rings. The first kappa shape index (κ1) is 48.9. The second-order valence-electron chi connectivity index (χ2n) is 14.7. The fraction of sp³-hybridized carbons (Fsp3) is 0.512. The van der Waals surface area contributed by atoms with Gasteiger partial charge >= 0.3 is 0 Å². The maximum absolute atomic E-state index is 14.2. The summed E-state index contributed by atoms with van der Waals surface area (Å²) in [6, 6.07) is 8.57. The van der Waals surface area contributed by atoms with Gasteiger partial charge in [0.2, 0.25) is 35.4 Å². The lowest BCUT2D eigenvalue weighted by atomic mass is 10.0. The average molecular weight is 838 g/mol. The molecule has 0 saturated heterocycles. The lowest BCUT2D eigenvalue weighted by molar-refractivity contribution is -0.135. The average Bonchev–Trinajstić information content (AvgIpc) is 3.66. The zero-order valence-corrected chi connectivity index (χ0v) is 34.2. The molecule has 0 fully saturated rings. The maximum Gasteiger partial charge on any atom is 0.245 e. The van der Waals surface area contributed by atoms with Crippen LogP contribution < -0.4 is 54.8 Å². The van der Waals surface area contributed by atoms with Gasteiger partial charge in [0.05, 0.1) is 13.2 Å². The van der Waals surface area contributed by atoms with Crippen molar-refractivity contribution in [2.24, 2.45) is 22.9 Å². The second-order valence-corrected chi connectivity index (χ2v) is 14.7. The molecule has 1 heterocycles. The van der Waals surface area contributed by atoms with Crippen molar-refractivity contribution in [3.8, 4) is 0 Å². The Bertz CT molecular complexity index is 1830. The van der Waals surface area contributed by atoms with Gasteiger partial charge in [0.15, 0.2) is 0 Å². The Morgan fingerprint density at radius 2 is 1.03 bits per heavy atom. The molecule has 0 aliphatic heterocycles. The third-order valence-electron chi connectivity index (χ3n) is 9.89. The van der Waals surface area contributed by atoms with E-state index in [1.165, 1.54) is 0 Å². The SMILES string of the molecule is C[C@H](CCCN)NC(=O)[C@H](Cc1c[nH]c2ccccc12)NC(=O)[C@H](CCCN)NC(=O)[C@H](Cc1ccccc1)NC(=O)[C@H](CCCN)NC(=O)[C@H](CO)NC(=O)[C@@H](N)CO. The lowest BCUT2D eigenvalue weighted by Gasteiger charge is -2.27. The quantitative estimate of drug-likeness (QED) is 0.0376. The molecule has 3 aromatic rings. The van der Waals surface area contributed by atoms with Gasteiger partial charge in [-0.15, -0.1) is 0 Å². The molecule has 0 radical (unpaired) electrons. The normalized spacial score (nSPS) is 14.7. The van der Waals surface area contributed by atoms with E-state index >= 15 is 0 Å². The number of rotatable bonds is 27. The Kier molecular flexibility index (Phi) is 21.1. The van der Waals surface area contributed by atoms with E-state index in [4.69, 9.17) is 22.9 Å². The number of amides is 6. The summed E-state index contributed by atoms with van der Waals surface area (Å²) in [7, 11) is 0. The predicted octanol–water partition coefficient (Wildman–Crippen LogP) is -2.59. The molecular formula is C41H63N11O8. The Balaban J connectivity index is 1.88. The molecule has 3 rings (SSSR count). The Morgan fingerprint density at radius 1 is 0.567 bits per heavy atom. The summed E-state index contributed by atoms with van der Waals surface area (Å²) in [4.78, 5) is 84.6. The van der Waals surface area contributed by atoms with Crippen LogP contribution in [0.1, 0.15) is 56.6 Å². The molecular weight excluding hydrogens is 775 g/mol. The topological polar surface area (TPSA) is 335 Å². The largest absolute Gasteiger partial charge is 0.394 e.